The molecule has 0 saturated carbocycles. The molecule has 0 saturated heterocycles. The van der Waals surface area contributed by atoms with Gasteiger partial charge in [0.25, 0.3) is 0 Å². The Kier molecular flexibility index (Phi) is 11.0. The molecule has 3 N–H and O–H groups in total. The number of hydrogen-bond acceptors (Lipinski definition) is 4. The van der Waals surface area contributed by atoms with Crippen molar-refractivity contribution in [1.29, 1.82) is 0 Å². The highest BCUT2D eigenvalue weighted by molar-refractivity contribution is 14.0. The van der Waals surface area contributed by atoms with E-state index in [1.807, 2.05) is 38.1 Å². The van der Waals surface area contributed by atoms with Crippen LogP contribution in [-0.4, -0.2) is 34.6 Å². The van der Waals surface area contributed by atoms with E-state index in [4.69, 9.17) is 4.74 Å². The molecule has 0 radical (unpaired) electrons. The summed E-state index contributed by atoms with van der Waals surface area (Å²) in [5.41, 5.74) is 1.97. The second-order valence-corrected chi connectivity index (χ2v) is 7.83. The molecule has 2 aromatic rings. The van der Waals surface area contributed by atoms with Crippen LogP contribution in [0.1, 0.15) is 25.0 Å². The van der Waals surface area contributed by atoms with Crippen molar-refractivity contribution in [2.24, 2.45) is 4.99 Å². The molecule has 0 aliphatic rings. The average Bonchev–Trinajstić information content (AvgIpc) is 2.71. The number of rotatable bonds is 9. The predicted octanol–water partition coefficient (Wildman–Crippen LogP) is 2.87. The van der Waals surface area contributed by atoms with Gasteiger partial charge in [-0.25, -0.2) is 18.1 Å². The molecule has 0 bridgehead atoms. The Morgan fingerprint density at radius 2 is 1.72 bits per heavy atom. The number of guanidine groups is 1. The van der Waals surface area contributed by atoms with Crippen LogP contribution in [-0.2, 0) is 23.1 Å². The highest BCUT2D eigenvalue weighted by Crippen LogP contribution is 2.17. The summed E-state index contributed by atoms with van der Waals surface area (Å²) in [6.45, 7) is 6.33. The predicted molar refractivity (Wildman–Crippen MR) is 127 cm³/mol. The van der Waals surface area contributed by atoms with Gasteiger partial charge in [-0.05, 0) is 44.7 Å². The van der Waals surface area contributed by atoms with Crippen LogP contribution in [0.2, 0.25) is 0 Å². The normalized spacial score (nSPS) is 11.5. The third-order valence-electron chi connectivity index (χ3n) is 3.99. The summed E-state index contributed by atoms with van der Waals surface area (Å²) < 4.78 is 31.5. The fourth-order valence-electron chi connectivity index (χ4n) is 2.53. The van der Waals surface area contributed by atoms with Gasteiger partial charge < -0.3 is 15.4 Å². The second kappa shape index (κ2) is 12.7. The fourth-order valence-corrected chi connectivity index (χ4v) is 3.26. The quantitative estimate of drug-likeness (QED) is 0.263. The summed E-state index contributed by atoms with van der Waals surface area (Å²) >= 11 is 0. The van der Waals surface area contributed by atoms with Crippen LogP contribution in [0.3, 0.4) is 0 Å². The van der Waals surface area contributed by atoms with Crippen molar-refractivity contribution in [1.82, 2.24) is 15.4 Å². The number of para-hydroxylation sites is 1. The van der Waals surface area contributed by atoms with E-state index in [0.717, 1.165) is 23.4 Å². The minimum absolute atomic E-state index is 0. The highest BCUT2D eigenvalue weighted by Gasteiger charge is 2.10. The standard InChI is InChI=1S/C20H28N4O3S.HI/c1-4-22-20(24-15-17-8-6-7-9-19(17)27-5-2)23-14-16-10-12-18(13-11-16)28(25,26)21-3;/h6-13,21H,4-5,14-15H2,1-3H3,(H2,22,23,24);1H. The summed E-state index contributed by atoms with van der Waals surface area (Å²) in [5.74, 6) is 1.54. The van der Waals surface area contributed by atoms with Crippen molar-refractivity contribution in [2.45, 2.75) is 31.8 Å². The van der Waals surface area contributed by atoms with Gasteiger partial charge in [-0.2, -0.15) is 0 Å². The van der Waals surface area contributed by atoms with Crippen molar-refractivity contribution in [2.75, 3.05) is 20.2 Å². The third-order valence-corrected chi connectivity index (χ3v) is 5.42. The van der Waals surface area contributed by atoms with E-state index in [2.05, 4.69) is 20.3 Å². The molecule has 9 heteroatoms. The first-order valence-electron chi connectivity index (χ1n) is 9.25. The molecule has 0 spiro atoms. The number of benzene rings is 2. The molecule has 0 aliphatic heterocycles. The zero-order valence-corrected chi connectivity index (χ0v) is 20.1. The summed E-state index contributed by atoms with van der Waals surface area (Å²) in [6.07, 6.45) is 0. The Labute approximate surface area is 190 Å². The monoisotopic (exact) mass is 532 g/mol. The van der Waals surface area contributed by atoms with Crippen LogP contribution in [0.5, 0.6) is 5.75 Å². The summed E-state index contributed by atoms with van der Waals surface area (Å²) in [4.78, 5) is 4.81. The molecule has 0 atom stereocenters. The maximum atomic E-state index is 11.8. The van der Waals surface area contributed by atoms with Crippen LogP contribution < -0.4 is 20.1 Å². The second-order valence-electron chi connectivity index (χ2n) is 5.94. The van der Waals surface area contributed by atoms with Gasteiger partial charge in [-0.1, -0.05) is 30.3 Å². The van der Waals surface area contributed by atoms with Gasteiger partial charge in [-0.3, -0.25) is 0 Å². The van der Waals surface area contributed by atoms with E-state index in [1.54, 1.807) is 24.3 Å². The molecule has 0 heterocycles. The van der Waals surface area contributed by atoms with E-state index in [9.17, 15) is 8.42 Å². The van der Waals surface area contributed by atoms with Gasteiger partial charge in [-0.15, -0.1) is 24.0 Å². The van der Waals surface area contributed by atoms with E-state index in [-0.39, 0.29) is 28.9 Å². The molecular weight excluding hydrogens is 503 g/mol. The largest absolute Gasteiger partial charge is 0.494 e. The minimum Gasteiger partial charge on any atom is -0.494 e. The molecular formula is C20H29IN4O3S. The first kappa shape index (κ1) is 25.2. The number of nitrogens with one attached hydrogen (secondary N) is 3. The van der Waals surface area contributed by atoms with Crippen molar-refractivity contribution >= 4 is 40.0 Å². The summed E-state index contributed by atoms with van der Waals surface area (Å²) in [6, 6.07) is 14.6. The smallest absolute Gasteiger partial charge is 0.240 e. The molecule has 2 aromatic carbocycles. The fraction of sp³-hybridized carbons (Fsp3) is 0.350. The molecule has 160 valence electrons. The van der Waals surface area contributed by atoms with Gasteiger partial charge in [0.05, 0.1) is 18.0 Å². The summed E-state index contributed by atoms with van der Waals surface area (Å²) in [5, 5.41) is 6.52. The zero-order valence-electron chi connectivity index (χ0n) is 16.9. The SMILES string of the molecule is CCNC(=NCc1ccc(S(=O)(=O)NC)cc1)NCc1ccccc1OCC.I. The zero-order chi connectivity index (χ0) is 20.4. The molecule has 0 unspecified atom stereocenters. The van der Waals surface area contributed by atoms with E-state index >= 15 is 0 Å². The molecule has 0 aliphatic carbocycles. The third kappa shape index (κ3) is 7.82. The van der Waals surface area contributed by atoms with Gasteiger partial charge >= 0.3 is 0 Å². The molecule has 2 rings (SSSR count). The van der Waals surface area contributed by atoms with Crippen LogP contribution in [0.15, 0.2) is 58.4 Å². The Bertz CT molecular complexity index is 887. The first-order chi connectivity index (χ1) is 13.5. The number of aliphatic imine (C=N–C) groups is 1. The van der Waals surface area contributed by atoms with Crippen molar-refractivity contribution in [3.63, 3.8) is 0 Å². The number of ether oxygens (including phenoxy) is 1. The highest BCUT2D eigenvalue weighted by atomic mass is 127. The maximum Gasteiger partial charge on any atom is 0.240 e. The average molecular weight is 532 g/mol. The van der Waals surface area contributed by atoms with Crippen LogP contribution >= 0.6 is 24.0 Å². The van der Waals surface area contributed by atoms with E-state index in [1.165, 1.54) is 7.05 Å². The lowest BCUT2D eigenvalue weighted by atomic mass is 10.2. The summed E-state index contributed by atoms with van der Waals surface area (Å²) in [7, 11) is -2.03. The lowest BCUT2D eigenvalue weighted by Crippen LogP contribution is -2.36. The Morgan fingerprint density at radius 3 is 2.34 bits per heavy atom. The number of sulfonamides is 1. The Morgan fingerprint density at radius 1 is 1.03 bits per heavy atom. The van der Waals surface area contributed by atoms with Crippen LogP contribution in [0.4, 0.5) is 0 Å². The van der Waals surface area contributed by atoms with Gasteiger partial charge in [0.15, 0.2) is 5.96 Å². The minimum atomic E-state index is -3.43. The van der Waals surface area contributed by atoms with Crippen LogP contribution in [0.25, 0.3) is 0 Å². The van der Waals surface area contributed by atoms with Gasteiger partial charge in [0.1, 0.15) is 5.75 Å². The van der Waals surface area contributed by atoms with E-state index in [0.29, 0.717) is 25.7 Å². The maximum absolute atomic E-state index is 11.8. The number of halogens is 1. The Hall–Kier alpha value is -1.85. The Balaban J connectivity index is 0.00000420. The van der Waals surface area contributed by atoms with Crippen LogP contribution in [0, 0.1) is 0 Å². The molecule has 7 nitrogen and oxygen atoms in total. The van der Waals surface area contributed by atoms with Gasteiger partial charge in [0, 0.05) is 18.7 Å². The first-order valence-corrected chi connectivity index (χ1v) is 10.7. The van der Waals surface area contributed by atoms with Crippen molar-refractivity contribution in [3.8, 4) is 5.75 Å². The molecule has 0 amide bonds. The van der Waals surface area contributed by atoms with Crippen molar-refractivity contribution < 1.29 is 13.2 Å². The van der Waals surface area contributed by atoms with Crippen molar-refractivity contribution in [3.05, 3.63) is 59.7 Å². The lowest BCUT2D eigenvalue weighted by molar-refractivity contribution is 0.336. The number of hydrogen-bond donors (Lipinski definition) is 3. The molecule has 29 heavy (non-hydrogen) atoms. The topological polar surface area (TPSA) is 91.8 Å². The molecule has 0 aromatic heterocycles. The lowest BCUT2D eigenvalue weighted by Gasteiger charge is -2.14. The van der Waals surface area contributed by atoms with E-state index < -0.39 is 10.0 Å². The van der Waals surface area contributed by atoms with Gasteiger partial charge in [0.2, 0.25) is 10.0 Å². The number of nitrogens with zero attached hydrogens (tertiary/aromatic N) is 1. The molecule has 0 fully saturated rings.